The number of rotatable bonds is 5. The molecule has 1 fully saturated rings. The van der Waals surface area contributed by atoms with Crippen LogP contribution < -0.4 is 11.0 Å². The largest absolute Gasteiger partial charge is 0.315 e. The van der Waals surface area contributed by atoms with Crippen LogP contribution >= 0.6 is 0 Å². The Hall–Kier alpha value is -2.66. The van der Waals surface area contributed by atoms with E-state index in [0.717, 1.165) is 22.8 Å². The molecule has 2 N–H and O–H groups in total. The maximum absolute atomic E-state index is 13.8. The Kier molecular flexibility index (Phi) is 4.60. The Bertz CT molecular complexity index is 1100. The minimum atomic E-state index is -3.69. The van der Waals surface area contributed by atoms with Crippen molar-refractivity contribution in [2.45, 2.75) is 17.7 Å². The second-order valence-corrected chi connectivity index (χ2v) is 8.41. The zero-order valence-electron chi connectivity index (χ0n) is 13.6. The monoisotopic (exact) mass is 402 g/mol. The van der Waals surface area contributed by atoms with Crippen LogP contribution in [0.25, 0.3) is 11.1 Å². The van der Waals surface area contributed by atoms with Gasteiger partial charge in [0.05, 0.1) is 5.75 Å². The van der Waals surface area contributed by atoms with Gasteiger partial charge in [0.15, 0.2) is 32.0 Å². The Morgan fingerprint density at radius 3 is 2.44 bits per heavy atom. The van der Waals surface area contributed by atoms with Crippen LogP contribution in [-0.2, 0) is 21.2 Å². The number of pyridine rings is 1. The first-order valence-corrected chi connectivity index (χ1v) is 9.29. The summed E-state index contributed by atoms with van der Waals surface area (Å²) in [5, 5.41) is 8.70. The van der Waals surface area contributed by atoms with Crippen LogP contribution in [0.2, 0.25) is 0 Å². The van der Waals surface area contributed by atoms with Gasteiger partial charge in [0, 0.05) is 24.4 Å². The number of sulfone groups is 1. The van der Waals surface area contributed by atoms with Gasteiger partial charge in [-0.1, -0.05) is 0 Å². The summed E-state index contributed by atoms with van der Waals surface area (Å²) < 4.78 is 62.9. The van der Waals surface area contributed by atoms with Gasteiger partial charge in [-0.3, -0.25) is 14.8 Å². The minimum absolute atomic E-state index is 0.00880. The molecule has 1 aliphatic rings. The number of carbonyl (C=O) groups excluding carboxylic acids is 1. The lowest BCUT2D eigenvalue weighted by molar-refractivity contribution is -0.130. The molecule has 3 rings (SSSR count). The van der Waals surface area contributed by atoms with E-state index in [1.165, 1.54) is 17.7 Å². The number of nitrogens with one attached hydrogen (secondary N) is 1. The van der Waals surface area contributed by atoms with Crippen molar-refractivity contribution in [3.05, 3.63) is 58.3 Å². The van der Waals surface area contributed by atoms with E-state index in [1.807, 2.05) is 0 Å². The van der Waals surface area contributed by atoms with E-state index in [-0.39, 0.29) is 24.1 Å². The van der Waals surface area contributed by atoms with Crippen molar-refractivity contribution in [2.24, 2.45) is 0 Å². The molecule has 1 amide bonds. The fourth-order valence-electron chi connectivity index (χ4n) is 2.84. The number of aryl methyl sites for hydroxylation is 1. The number of hydroxylamine groups is 1. The van der Waals surface area contributed by atoms with E-state index in [1.54, 1.807) is 0 Å². The predicted octanol–water partition coefficient (Wildman–Crippen LogP) is 0.995. The van der Waals surface area contributed by atoms with Crippen molar-refractivity contribution in [1.29, 1.82) is 0 Å². The van der Waals surface area contributed by atoms with E-state index in [2.05, 4.69) is 0 Å². The summed E-state index contributed by atoms with van der Waals surface area (Å²) in [7, 11) is -3.69. The SMILES string of the molecule is O=C(NO)[C@]1(CCn2ccc(-c3ccc(F)c(F)c3F)cc2=O)CS1(=O)=O. The number of aromatic nitrogens is 1. The number of hydrogen-bond donors (Lipinski definition) is 2. The van der Waals surface area contributed by atoms with E-state index < -0.39 is 49.3 Å². The summed E-state index contributed by atoms with van der Waals surface area (Å²) in [6.45, 7) is -0.161. The maximum atomic E-state index is 13.8. The third kappa shape index (κ3) is 3.12. The van der Waals surface area contributed by atoms with Crippen LogP contribution in [0.15, 0.2) is 35.3 Å². The highest BCUT2D eigenvalue weighted by Gasteiger charge is 2.66. The van der Waals surface area contributed by atoms with Crippen LogP contribution in [0.4, 0.5) is 13.2 Å². The highest BCUT2D eigenvalue weighted by atomic mass is 32.2. The normalized spacial score (nSPS) is 20.3. The smallest absolute Gasteiger partial charge is 0.265 e. The fourth-order valence-corrected chi connectivity index (χ4v) is 4.69. The first-order chi connectivity index (χ1) is 12.6. The Balaban J connectivity index is 1.86. The molecule has 1 atom stereocenters. The summed E-state index contributed by atoms with van der Waals surface area (Å²) in [6.07, 6.45) is 0.971. The van der Waals surface area contributed by atoms with Gasteiger partial charge in [-0.25, -0.2) is 27.1 Å². The zero-order chi connectivity index (χ0) is 20.0. The first-order valence-electron chi connectivity index (χ1n) is 7.64. The van der Waals surface area contributed by atoms with Gasteiger partial charge in [-0.05, 0) is 30.2 Å². The third-order valence-corrected chi connectivity index (χ3v) is 6.79. The average Bonchev–Trinajstić information content (AvgIpc) is 3.20. The van der Waals surface area contributed by atoms with Gasteiger partial charge >= 0.3 is 0 Å². The van der Waals surface area contributed by atoms with Crippen molar-refractivity contribution in [2.75, 3.05) is 5.75 Å². The lowest BCUT2D eigenvalue weighted by Gasteiger charge is -2.12. The molecule has 0 radical (unpaired) electrons. The number of hydrogen-bond acceptors (Lipinski definition) is 5. The fraction of sp³-hybridized carbons (Fsp3) is 0.250. The molecule has 1 aromatic carbocycles. The second-order valence-electron chi connectivity index (χ2n) is 6.11. The summed E-state index contributed by atoms with van der Waals surface area (Å²) in [5.41, 5.74) is 0.352. The molecular weight excluding hydrogens is 389 g/mol. The molecule has 11 heteroatoms. The predicted molar refractivity (Wildman–Crippen MR) is 87.1 cm³/mol. The van der Waals surface area contributed by atoms with E-state index in [9.17, 15) is 31.2 Å². The van der Waals surface area contributed by atoms with Gasteiger partial charge in [0.1, 0.15) is 0 Å². The minimum Gasteiger partial charge on any atom is -0.315 e. The number of carbonyl (C=O) groups is 1. The molecule has 0 spiro atoms. The molecular formula is C16H13F3N2O5S. The molecule has 0 saturated carbocycles. The van der Waals surface area contributed by atoms with Crippen LogP contribution in [-0.4, -0.2) is 34.6 Å². The van der Waals surface area contributed by atoms with Crippen LogP contribution in [0.5, 0.6) is 0 Å². The van der Waals surface area contributed by atoms with Crippen LogP contribution in [0.3, 0.4) is 0 Å². The molecule has 0 bridgehead atoms. The molecule has 2 heterocycles. The van der Waals surface area contributed by atoms with Gasteiger partial charge in [-0.2, -0.15) is 0 Å². The van der Waals surface area contributed by atoms with Gasteiger partial charge in [-0.15, -0.1) is 0 Å². The van der Waals surface area contributed by atoms with Crippen molar-refractivity contribution < 1.29 is 31.6 Å². The molecule has 1 aliphatic heterocycles. The lowest BCUT2D eigenvalue weighted by atomic mass is 10.1. The zero-order valence-corrected chi connectivity index (χ0v) is 14.4. The van der Waals surface area contributed by atoms with Gasteiger partial charge in [0.2, 0.25) is 0 Å². The number of nitrogens with zero attached hydrogens (tertiary/aromatic N) is 1. The Morgan fingerprint density at radius 1 is 1.22 bits per heavy atom. The van der Waals surface area contributed by atoms with Gasteiger partial charge in [0.25, 0.3) is 11.5 Å². The van der Waals surface area contributed by atoms with Crippen molar-refractivity contribution in [3.8, 4) is 11.1 Å². The standard InChI is InChI=1S/C16H13F3N2O5S/c17-11-2-1-10(13(18)14(11)19)9-3-5-21(12(22)7-9)6-4-16(15(23)20-24)8-27(16,25)26/h1-3,5,7,24H,4,6,8H2,(H,20,23)/t16-/m0/s1. The maximum Gasteiger partial charge on any atom is 0.265 e. The number of amides is 1. The molecule has 0 aliphatic carbocycles. The van der Waals surface area contributed by atoms with Crippen molar-refractivity contribution in [1.82, 2.24) is 10.0 Å². The quantitative estimate of drug-likeness (QED) is 0.336. The van der Waals surface area contributed by atoms with E-state index in [4.69, 9.17) is 5.21 Å². The molecule has 2 aromatic rings. The molecule has 1 saturated heterocycles. The Morgan fingerprint density at radius 2 is 1.89 bits per heavy atom. The van der Waals surface area contributed by atoms with E-state index >= 15 is 0 Å². The third-order valence-electron chi connectivity index (χ3n) is 4.54. The van der Waals surface area contributed by atoms with Crippen molar-refractivity contribution >= 4 is 15.7 Å². The summed E-state index contributed by atoms with van der Waals surface area (Å²) in [5.74, 6) is -5.97. The van der Waals surface area contributed by atoms with Gasteiger partial charge < -0.3 is 4.57 Å². The van der Waals surface area contributed by atoms with Crippen LogP contribution in [0.1, 0.15) is 6.42 Å². The summed E-state index contributed by atoms with van der Waals surface area (Å²) >= 11 is 0. The highest BCUT2D eigenvalue weighted by Crippen LogP contribution is 2.40. The second kappa shape index (κ2) is 6.50. The lowest BCUT2D eigenvalue weighted by Crippen LogP contribution is -2.38. The average molecular weight is 402 g/mol. The van der Waals surface area contributed by atoms with Crippen molar-refractivity contribution in [3.63, 3.8) is 0 Å². The van der Waals surface area contributed by atoms with Crippen LogP contribution in [0, 0.1) is 17.5 Å². The molecule has 27 heavy (non-hydrogen) atoms. The summed E-state index contributed by atoms with van der Waals surface area (Å²) in [6, 6.07) is 3.98. The van der Waals surface area contributed by atoms with E-state index in [0.29, 0.717) is 0 Å². The topological polar surface area (TPSA) is 105 Å². The number of halogens is 3. The molecule has 0 unspecified atom stereocenters. The first kappa shape index (κ1) is 19.1. The number of benzene rings is 1. The molecule has 144 valence electrons. The molecule has 1 aromatic heterocycles. The Labute approximate surface area is 150 Å². The summed E-state index contributed by atoms with van der Waals surface area (Å²) in [4.78, 5) is 23.8. The molecule has 7 nitrogen and oxygen atoms in total. The highest BCUT2D eigenvalue weighted by molar-refractivity contribution is 8.01.